The monoisotopic (exact) mass is 371 g/mol. The number of H-pyrrole nitrogens is 1. The van der Waals surface area contributed by atoms with Gasteiger partial charge in [-0.3, -0.25) is 0 Å². The van der Waals surface area contributed by atoms with E-state index in [9.17, 15) is 4.39 Å². The van der Waals surface area contributed by atoms with Gasteiger partial charge in [0, 0.05) is 11.8 Å². The van der Waals surface area contributed by atoms with Gasteiger partial charge in [-0.25, -0.2) is 4.39 Å². The van der Waals surface area contributed by atoms with Crippen molar-refractivity contribution in [3.8, 4) is 23.0 Å². The molecule has 132 valence electrons. The lowest BCUT2D eigenvalue weighted by molar-refractivity contribution is 0.379. The molecule has 26 heavy (non-hydrogen) atoms. The summed E-state index contributed by atoms with van der Waals surface area (Å²) in [6.07, 6.45) is 1.78. The van der Waals surface area contributed by atoms with Crippen LogP contribution in [0.15, 0.2) is 50.7 Å². The average molecular weight is 371 g/mol. The molecule has 4 aromatic rings. The van der Waals surface area contributed by atoms with Crippen molar-refractivity contribution in [2.45, 2.75) is 24.3 Å². The first-order valence-electron chi connectivity index (χ1n) is 7.84. The molecule has 0 bridgehead atoms. The Bertz CT molecular complexity index is 1030. The Kier molecular flexibility index (Phi) is 4.29. The first kappa shape index (κ1) is 16.5. The summed E-state index contributed by atoms with van der Waals surface area (Å²) in [5, 5.41) is 12.1. The lowest BCUT2D eigenvalue weighted by Crippen LogP contribution is -1.90. The second-order valence-electron chi connectivity index (χ2n) is 5.64. The molecule has 3 aromatic heterocycles. The van der Waals surface area contributed by atoms with Crippen LogP contribution in [-0.4, -0.2) is 25.3 Å². The molecule has 0 aliphatic rings. The summed E-state index contributed by atoms with van der Waals surface area (Å²) in [7, 11) is 0. The third-order valence-corrected chi connectivity index (χ3v) is 4.65. The first-order chi connectivity index (χ1) is 12.6. The number of halogens is 1. The van der Waals surface area contributed by atoms with Crippen molar-refractivity contribution >= 4 is 11.8 Å². The molecule has 0 saturated heterocycles. The average Bonchev–Trinajstić information content (AvgIpc) is 3.38. The van der Waals surface area contributed by atoms with Crippen molar-refractivity contribution in [1.82, 2.24) is 25.3 Å². The first-order valence-corrected chi connectivity index (χ1v) is 8.72. The molecule has 7 nitrogen and oxygen atoms in total. The smallest absolute Gasteiger partial charge is 0.277 e. The van der Waals surface area contributed by atoms with E-state index in [0.29, 0.717) is 34.0 Å². The highest BCUT2D eigenvalue weighted by Crippen LogP contribution is 2.35. The summed E-state index contributed by atoms with van der Waals surface area (Å²) < 4.78 is 24.6. The molecule has 0 aliphatic carbocycles. The number of aryl methyl sites for hydroxylation is 1. The minimum absolute atomic E-state index is 0.205. The van der Waals surface area contributed by atoms with Crippen molar-refractivity contribution in [3.05, 3.63) is 53.8 Å². The van der Waals surface area contributed by atoms with Crippen LogP contribution < -0.4 is 0 Å². The van der Waals surface area contributed by atoms with Gasteiger partial charge in [0.2, 0.25) is 11.7 Å². The molecule has 1 aromatic carbocycles. The fraction of sp³-hybridized carbons (Fsp3) is 0.176. The van der Waals surface area contributed by atoms with Gasteiger partial charge < -0.3 is 13.9 Å². The van der Waals surface area contributed by atoms with Crippen LogP contribution in [0.1, 0.15) is 23.6 Å². The maximum absolute atomic E-state index is 13.7. The molecule has 0 spiro atoms. The molecular formula is C17H14FN5O2S. The normalized spacial score (nSPS) is 12.4. The zero-order valence-corrected chi connectivity index (χ0v) is 14.7. The number of nitrogens with one attached hydrogen (secondary N) is 1. The van der Waals surface area contributed by atoms with Gasteiger partial charge in [0.1, 0.15) is 11.5 Å². The van der Waals surface area contributed by atoms with E-state index in [0.717, 1.165) is 5.69 Å². The quantitative estimate of drug-likeness (QED) is 0.519. The van der Waals surface area contributed by atoms with Crippen molar-refractivity contribution in [3.63, 3.8) is 0 Å². The van der Waals surface area contributed by atoms with Crippen LogP contribution in [0.3, 0.4) is 0 Å². The second-order valence-corrected chi connectivity index (χ2v) is 6.93. The molecule has 1 atom stereocenters. The van der Waals surface area contributed by atoms with E-state index < -0.39 is 0 Å². The summed E-state index contributed by atoms with van der Waals surface area (Å²) in [6.45, 7) is 3.58. The molecule has 9 heteroatoms. The fourth-order valence-electron chi connectivity index (χ4n) is 2.28. The van der Waals surface area contributed by atoms with Gasteiger partial charge in [0.25, 0.3) is 11.1 Å². The van der Waals surface area contributed by atoms with Gasteiger partial charge in [-0.1, -0.05) is 29.1 Å². The third-order valence-electron chi connectivity index (χ3n) is 3.73. The third kappa shape index (κ3) is 3.25. The van der Waals surface area contributed by atoms with Gasteiger partial charge in [-0.15, -0.1) is 10.2 Å². The molecule has 0 unspecified atom stereocenters. The molecule has 4 rings (SSSR count). The lowest BCUT2D eigenvalue weighted by Gasteiger charge is -2.01. The van der Waals surface area contributed by atoms with E-state index in [-0.39, 0.29) is 11.1 Å². The van der Waals surface area contributed by atoms with Gasteiger partial charge >= 0.3 is 0 Å². The number of thioether (sulfide) groups is 1. The molecule has 0 amide bonds. The summed E-state index contributed by atoms with van der Waals surface area (Å²) in [5.41, 5.74) is 1.88. The molecular weight excluding hydrogens is 357 g/mol. The summed E-state index contributed by atoms with van der Waals surface area (Å²) in [4.78, 5) is 7.35. The molecule has 1 N–H and O–H groups in total. The lowest BCUT2D eigenvalue weighted by atomic mass is 10.1. The Labute approximate surface area is 152 Å². The summed E-state index contributed by atoms with van der Waals surface area (Å²) in [6, 6.07) is 8.52. The van der Waals surface area contributed by atoms with Crippen molar-refractivity contribution in [1.29, 1.82) is 0 Å². The van der Waals surface area contributed by atoms with Crippen LogP contribution in [0.2, 0.25) is 0 Å². The Hall–Kier alpha value is -2.94. The fourth-order valence-corrected chi connectivity index (χ4v) is 2.99. The highest BCUT2D eigenvalue weighted by Gasteiger charge is 2.20. The number of hydrogen-bond donors (Lipinski definition) is 1. The maximum Gasteiger partial charge on any atom is 0.277 e. The summed E-state index contributed by atoms with van der Waals surface area (Å²) >= 11 is 1.30. The number of aromatic nitrogens is 5. The van der Waals surface area contributed by atoms with Crippen LogP contribution in [0.25, 0.3) is 23.0 Å². The SMILES string of the molecule is Cc1ccc(-c2noc([C@@H](C)Sc3nnc(-c4ccc[nH]4)o3)n2)cc1F. The molecule has 0 fully saturated rings. The van der Waals surface area contributed by atoms with E-state index in [1.807, 2.05) is 19.1 Å². The highest BCUT2D eigenvalue weighted by atomic mass is 32.2. The summed E-state index contributed by atoms with van der Waals surface area (Å²) in [5.74, 6) is 0.833. The Balaban J connectivity index is 1.49. The van der Waals surface area contributed by atoms with Gasteiger partial charge in [0.15, 0.2) is 0 Å². The van der Waals surface area contributed by atoms with E-state index >= 15 is 0 Å². The second kappa shape index (κ2) is 6.75. The minimum atomic E-state index is -0.307. The number of nitrogens with zero attached hydrogens (tertiary/aromatic N) is 4. The topological polar surface area (TPSA) is 93.6 Å². The minimum Gasteiger partial charge on any atom is -0.410 e. The zero-order valence-electron chi connectivity index (χ0n) is 13.9. The number of hydrogen-bond acceptors (Lipinski definition) is 7. The van der Waals surface area contributed by atoms with E-state index in [1.165, 1.54) is 17.8 Å². The highest BCUT2D eigenvalue weighted by molar-refractivity contribution is 7.99. The van der Waals surface area contributed by atoms with Gasteiger partial charge in [-0.05, 0) is 37.6 Å². The molecule has 3 heterocycles. The van der Waals surface area contributed by atoms with E-state index in [2.05, 4.69) is 25.3 Å². The Morgan fingerprint density at radius 3 is 2.88 bits per heavy atom. The number of aromatic amines is 1. The van der Waals surface area contributed by atoms with E-state index in [4.69, 9.17) is 8.94 Å². The Morgan fingerprint density at radius 1 is 1.23 bits per heavy atom. The van der Waals surface area contributed by atoms with Crippen LogP contribution in [0, 0.1) is 12.7 Å². The van der Waals surface area contributed by atoms with Gasteiger partial charge in [0.05, 0.1) is 5.25 Å². The van der Waals surface area contributed by atoms with Crippen LogP contribution in [0.5, 0.6) is 0 Å². The zero-order chi connectivity index (χ0) is 18.1. The van der Waals surface area contributed by atoms with Crippen LogP contribution in [-0.2, 0) is 0 Å². The maximum atomic E-state index is 13.7. The van der Waals surface area contributed by atoms with Crippen LogP contribution >= 0.6 is 11.8 Å². The van der Waals surface area contributed by atoms with Crippen molar-refractivity contribution in [2.24, 2.45) is 0 Å². The predicted octanol–water partition coefficient (Wildman–Crippen LogP) is 4.42. The number of rotatable bonds is 5. The predicted molar refractivity (Wildman–Crippen MR) is 92.8 cm³/mol. The van der Waals surface area contributed by atoms with Gasteiger partial charge in [-0.2, -0.15) is 4.98 Å². The molecule has 0 saturated carbocycles. The van der Waals surface area contributed by atoms with Crippen molar-refractivity contribution < 1.29 is 13.3 Å². The standard InChI is InChI=1S/C17H14FN5O2S/c1-9-5-6-11(8-12(9)18)14-20-15(25-23-14)10(2)26-17-22-21-16(24-17)13-4-3-7-19-13/h3-8,10,19H,1-2H3/t10-/m1/s1. The number of benzene rings is 1. The van der Waals surface area contributed by atoms with E-state index in [1.54, 1.807) is 25.3 Å². The largest absolute Gasteiger partial charge is 0.410 e. The molecule has 0 radical (unpaired) electrons. The molecule has 0 aliphatic heterocycles. The Morgan fingerprint density at radius 2 is 2.12 bits per heavy atom. The van der Waals surface area contributed by atoms with Crippen LogP contribution in [0.4, 0.5) is 4.39 Å². The van der Waals surface area contributed by atoms with Crippen molar-refractivity contribution in [2.75, 3.05) is 0 Å².